The second-order valence-electron chi connectivity index (χ2n) is 4.24. The van der Waals surface area contributed by atoms with Crippen molar-refractivity contribution in [2.24, 2.45) is 0 Å². The smallest absolute Gasteiger partial charge is 0.278 e. The lowest BCUT2D eigenvalue weighted by Crippen LogP contribution is -2.30. The standard InChI is InChI=1S/C10H11FN4O4.H2O/c11-5-7(17)4(1-16)19-10(5)15-3-14-6-8(15)12-2-13-9(6)18;/h2-5,7,10,16-17H,1H2,(H,12,13,18);1H2/t4-,5-,7-,10-;/m1./s1. The third-order valence-corrected chi connectivity index (χ3v) is 3.11. The van der Waals surface area contributed by atoms with E-state index in [1.54, 1.807) is 0 Å². The molecule has 1 aliphatic heterocycles. The van der Waals surface area contributed by atoms with Gasteiger partial charge in [0, 0.05) is 0 Å². The minimum Gasteiger partial charge on any atom is -0.412 e. The third-order valence-electron chi connectivity index (χ3n) is 3.11. The predicted octanol–water partition coefficient (Wildman–Crippen LogP) is -2.12. The number of nitrogens with one attached hydrogen (secondary N) is 1. The molecule has 0 aromatic carbocycles. The molecule has 0 radical (unpaired) electrons. The number of H-pyrrole nitrogens is 1. The van der Waals surface area contributed by atoms with Crippen molar-refractivity contribution in [1.82, 2.24) is 19.5 Å². The topological polar surface area (TPSA) is 145 Å². The maximum Gasteiger partial charge on any atom is 0.278 e. The van der Waals surface area contributed by atoms with Crippen LogP contribution in [0.25, 0.3) is 11.2 Å². The molecule has 0 saturated carbocycles. The van der Waals surface area contributed by atoms with Crippen molar-refractivity contribution in [2.75, 3.05) is 6.61 Å². The quantitative estimate of drug-likeness (QED) is 0.576. The molecule has 10 heteroatoms. The van der Waals surface area contributed by atoms with Gasteiger partial charge in [0.1, 0.15) is 12.2 Å². The summed E-state index contributed by atoms with van der Waals surface area (Å²) in [7, 11) is 0. The zero-order valence-electron chi connectivity index (χ0n) is 10.1. The molecule has 1 saturated heterocycles. The Kier molecular flexibility index (Phi) is 3.81. The number of fused-ring (bicyclic) bond motifs is 1. The SMILES string of the molecule is O.O=c1[nH]cnc2c1ncn2[C@@H]1O[C@H](CO)[C@@H](O)[C@H]1F. The van der Waals surface area contributed by atoms with E-state index >= 15 is 0 Å². The number of nitrogens with zero attached hydrogens (tertiary/aromatic N) is 3. The monoisotopic (exact) mass is 288 g/mol. The molecular weight excluding hydrogens is 275 g/mol. The maximum atomic E-state index is 14.0. The molecule has 0 unspecified atom stereocenters. The van der Waals surface area contributed by atoms with Gasteiger partial charge in [0.25, 0.3) is 5.56 Å². The molecular formula is C10H13FN4O5. The van der Waals surface area contributed by atoms with E-state index in [9.17, 15) is 14.3 Å². The van der Waals surface area contributed by atoms with Crippen LogP contribution in [0.4, 0.5) is 4.39 Å². The Labute approximate surface area is 111 Å². The Hall–Kier alpha value is -1.88. The van der Waals surface area contributed by atoms with Crippen molar-refractivity contribution in [1.29, 1.82) is 0 Å². The number of aliphatic hydroxyl groups excluding tert-OH is 2. The van der Waals surface area contributed by atoms with Gasteiger partial charge < -0.3 is 25.4 Å². The number of alkyl halides is 1. The third kappa shape index (κ3) is 1.98. The van der Waals surface area contributed by atoms with Crippen molar-refractivity contribution >= 4 is 11.2 Å². The molecule has 0 spiro atoms. The zero-order chi connectivity index (χ0) is 13.6. The van der Waals surface area contributed by atoms with Crippen LogP contribution in [-0.2, 0) is 4.74 Å². The van der Waals surface area contributed by atoms with Gasteiger partial charge in [-0.1, -0.05) is 0 Å². The van der Waals surface area contributed by atoms with E-state index in [0.717, 1.165) is 0 Å². The number of imidazole rings is 1. The Morgan fingerprint density at radius 1 is 1.50 bits per heavy atom. The largest absolute Gasteiger partial charge is 0.412 e. The Balaban J connectivity index is 0.00000147. The minimum absolute atomic E-state index is 0. The van der Waals surface area contributed by atoms with Crippen LogP contribution in [0.15, 0.2) is 17.4 Å². The van der Waals surface area contributed by atoms with Crippen LogP contribution in [0.2, 0.25) is 0 Å². The van der Waals surface area contributed by atoms with E-state index in [1.807, 2.05) is 0 Å². The molecule has 3 rings (SSSR count). The van der Waals surface area contributed by atoms with Crippen molar-refractivity contribution in [2.45, 2.75) is 24.6 Å². The summed E-state index contributed by atoms with van der Waals surface area (Å²) in [5, 5.41) is 18.6. The Morgan fingerprint density at radius 3 is 2.90 bits per heavy atom. The molecule has 2 aromatic heterocycles. The molecule has 9 nitrogen and oxygen atoms in total. The Bertz CT molecular complexity index is 658. The number of aromatic nitrogens is 4. The summed E-state index contributed by atoms with van der Waals surface area (Å²) < 4.78 is 20.4. The molecule has 20 heavy (non-hydrogen) atoms. The highest BCUT2D eigenvalue weighted by molar-refractivity contribution is 5.68. The fourth-order valence-corrected chi connectivity index (χ4v) is 2.13. The molecule has 110 valence electrons. The highest BCUT2D eigenvalue weighted by Gasteiger charge is 2.45. The fraction of sp³-hybridized carbons (Fsp3) is 0.500. The van der Waals surface area contributed by atoms with Gasteiger partial charge in [-0.3, -0.25) is 9.36 Å². The second kappa shape index (κ2) is 5.25. The van der Waals surface area contributed by atoms with Crippen LogP contribution in [0.1, 0.15) is 6.23 Å². The summed E-state index contributed by atoms with van der Waals surface area (Å²) in [5.74, 6) is 0. The molecule has 3 heterocycles. The van der Waals surface area contributed by atoms with Crippen LogP contribution in [0.3, 0.4) is 0 Å². The summed E-state index contributed by atoms with van der Waals surface area (Å²) in [4.78, 5) is 21.6. The number of hydrogen-bond acceptors (Lipinski definition) is 6. The summed E-state index contributed by atoms with van der Waals surface area (Å²) >= 11 is 0. The van der Waals surface area contributed by atoms with E-state index in [2.05, 4.69) is 15.0 Å². The van der Waals surface area contributed by atoms with Crippen molar-refractivity contribution in [3.63, 3.8) is 0 Å². The maximum absolute atomic E-state index is 14.0. The lowest BCUT2D eigenvalue weighted by Gasteiger charge is -2.14. The first-order chi connectivity index (χ1) is 9.13. The van der Waals surface area contributed by atoms with Gasteiger partial charge in [0.05, 0.1) is 19.3 Å². The normalized spacial score (nSPS) is 29.6. The number of rotatable bonds is 2. The summed E-state index contributed by atoms with van der Waals surface area (Å²) in [6, 6.07) is 0. The van der Waals surface area contributed by atoms with Gasteiger partial charge in [-0.15, -0.1) is 0 Å². The Morgan fingerprint density at radius 2 is 2.25 bits per heavy atom. The second-order valence-corrected chi connectivity index (χ2v) is 4.24. The molecule has 1 fully saturated rings. The molecule has 1 aliphatic rings. The predicted molar refractivity (Wildman–Crippen MR) is 63.7 cm³/mol. The summed E-state index contributed by atoms with van der Waals surface area (Å²) in [6.45, 7) is -0.501. The van der Waals surface area contributed by atoms with Gasteiger partial charge in [-0.2, -0.15) is 0 Å². The van der Waals surface area contributed by atoms with Gasteiger partial charge >= 0.3 is 0 Å². The highest BCUT2D eigenvalue weighted by Crippen LogP contribution is 2.32. The van der Waals surface area contributed by atoms with Crippen LogP contribution >= 0.6 is 0 Å². The van der Waals surface area contributed by atoms with Crippen molar-refractivity contribution in [3.05, 3.63) is 23.0 Å². The van der Waals surface area contributed by atoms with Crippen LogP contribution in [0, 0.1) is 0 Å². The van der Waals surface area contributed by atoms with Gasteiger partial charge in [-0.25, -0.2) is 14.4 Å². The molecule has 4 atom stereocenters. The highest BCUT2D eigenvalue weighted by atomic mass is 19.1. The molecule has 0 amide bonds. The van der Waals surface area contributed by atoms with E-state index in [-0.39, 0.29) is 16.6 Å². The summed E-state index contributed by atoms with van der Waals surface area (Å²) in [5.41, 5.74) is -0.237. The lowest BCUT2D eigenvalue weighted by molar-refractivity contribution is -0.0459. The fourth-order valence-electron chi connectivity index (χ4n) is 2.13. The number of aromatic amines is 1. The van der Waals surface area contributed by atoms with Crippen LogP contribution in [-0.4, -0.2) is 60.2 Å². The van der Waals surface area contributed by atoms with Crippen LogP contribution < -0.4 is 5.56 Å². The molecule has 0 bridgehead atoms. The lowest BCUT2D eigenvalue weighted by atomic mass is 10.1. The minimum atomic E-state index is -1.74. The first-order valence-electron chi connectivity index (χ1n) is 5.62. The average molecular weight is 288 g/mol. The first kappa shape index (κ1) is 14.5. The van der Waals surface area contributed by atoms with Crippen molar-refractivity contribution in [3.8, 4) is 0 Å². The average Bonchev–Trinajstić information content (AvgIpc) is 2.94. The van der Waals surface area contributed by atoms with Crippen LogP contribution in [0.5, 0.6) is 0 Å². The number of ether oxygens (including phenoxy) is 1. The van der Waals surface area contributed by atoms with E-state index in [1.165, 1.54) is 17.2 Å². The number of aliphatic hydroxyl groups is 2. The van der Waals surface area contributed by atoms with E-state index < -0.39 is 36.8 Å². The molecule has 2 aromatic rings. The van der Waals surface area contributed by atoms with Gasteiger partial charge in [0.2, 0.25) is 0 Å². The number of halogens is 1. The molecule has 0 aliphatic carbocycles. The van der Waals surface area contributed by atoms with Gasteiger partial charge in [-0.05, 0) is 0 Å². The first-order valence-corrected chi connectivity index (χ1v) is 5.62. The summed E-state index contributed by atoms with van der Waals surface area (Å²) in [6.07, 6.45) is -2.97. The zero-order valence-corrected chi connectivity index (χ0v) is 10.1. The number of hydrogen-bond donors (Lipinski definition) is 3. The van der Waals surface area contributed by atoms with Crippen molar-refractivity contribution < 1.29 is 24.8 Å². The molecule has 5 N–H and O–H groups in total. The van der Waals surface area contributed by atoms with E-state index in [0.29, 0.717) is 0 Å². The van der Waals surface area contributed by atoms with E-state index in [4.69, 9.17) is 9.84 Å². The van der Waals surface area contributed by atoms with Gasteiger partial charge in [0.15, 0.2) is 23.6 Å².